The highest BCUT2D eigenvalue weighted by Gasteiger charge is 2.33. The lowest BCUT2D eigenvalue weighted by molar-refractivity contribution is 0.0240. The molecule has 0 aromatic rings. The van der Waals surface area contributed by atoms with Gasteiger partial charge < -0.3 is 15.8 Å². The summed E-state index contributed by atoms with van der Waals surface area (Å²) in [7, 11) is 0. The van der Waals surface area contributed by atoms with Crippen LogP contribution in [0.15, 0.2) is 24.0 Å². The van der Waals surface area contributed by atoms with Crippen LogP contribution in [0.1, 0.15) is 33.6 Å². The molecule has 1 fully saturated rings. The number of nitrogens with two attached hydrogens (primary N) is 1. The lowest BCUT2D eigenvalue weighted by Crippen LogP contribution is -2.47. The zero-order valence-electron chi connectivity index (χ0n) is 12.6. The molecule has 5 heteroatoms. The summed E-state index contributed by atoms with van der Waals surface area (Å²) in [4.78, 5) is 14.0. The van der Waals surface area contributed by atoms with E-state index in [9.17, 15) is 4.79 Å². The van der Waals surface area contributed by atoms with Gasteiger partial charge in [0.05, 0.1) is 6.04 Å². The van der Waals surface area contributed by atoms with Gasteiger partial charge in [-0.2, -0.15) is 0 Å². The SMILES string of the molecule is CC(C)(C)OC(=O)N1C=C(N)C=CC1C1CCNCC1. The molecule has 0 bridgehead atoms. The summed E-state index contributed by atoms with van der Waals surface area (Å²) in [6.45, 7) is 7.61. The summed E-state index contributed by atoms with van der Waals surface area (Å²) in [5.41, 5.74) is 5.91. The fraction of sp³-hybridized carbons (Fsp3) is 0.667. The predicted molar refractivity (Wildman–Crippen MR) is 78.9 cm³/mol. The van der Waals surface area contributed by atoms with Crippen molar-refractivity contribution in [3.63, 3.8) is 0 Å². The van der Waals surface area contributed by atoms with Crippen molar-refractivity contribution in [2.75, 3.05) is 13.1 Å². The number of allylic oxidation sites excluding steroid dienone is 1. The molecule has 3 N–H and O–H groups in total. The van der Waals surface area contributed by atoms with Crippen LogP contribution >= 0.6 is 0 Å². The fourth-order valence-corrected chi connectivity index (χ4v) is 2.65. The molecule has 1 saturated heterocycles. The Morgan fingerprint density at radius 2 is 2.05 bits per heavy atom. The van der Waals surface area contributed by atoms with Crippen LogP contribution in [0.3, 0.4) is 0 Å². The molecule has 2 aliphatic heterocycles. The van der Waals surface area contributed by atoms with Gasteiger partial charge in [-0.15, -0.1) is 0 Å². The number of ether oxygens (including phenoxy) is 1. The molecule has 0 spiro atoms. The van der Waals surface area contributed by atoms with Gasteiger partial charge in [0.25, 0.3) is 0 Å². The number of carbonyl (C=O) groups is 1. The maximum absolute atomic E-state index is 12.4. The minimum Gasteiger partial charge on any atom is -0.443 e. The highest BCUT2D eigenvalue weighted by atomic mass is 16.6. The van der Waals surface area contributed by atoms with E-state index in [1.165, 1.54) is 0 Å². The lowest BCUT2D eigenvalue weighted by Gasteiger charge is -2.37. The van der Waals surface area contributed by atoms with Crippen molar-refractivity contribution in [1.29, 1.82) is 0 Å². The topological polar surface area (TPSA) is 67.6 Å². The first-order chi connectivity index (χ1) is 9.37. The van der Waals surface area contributed by atoms with Gasteiger partial charge in [-0.05, 0) is 58.7 Å². The van der Waals surface area contributed by atoms with Gasteiger partial charge in [0.15, 0.2) is 0 Å². The number of hydrogen-bond acceptors (Lipinski definition) is 4. The first-order valence-electron chi connectivity index (χ1n) is 7.24. The van der Waals surface area contributed by atoms with Crippen molar-refractivity contribution >= 4 is 6.09 Å². The van der Waals surface area contributed by atoms with Gasteiger partial charge >= 0.3 is 6.09 Å². The van der Waals surface area contributed by atoms with Gasteiger partial charge in [-0.3, -0.25) is 4.90 Å². The number of nitrogens with zero attached hydrogens (tertiary/aromatic N) is 1. The van der Waals surface area contributed by atoms with Crippen molar-refractivity contribution in [2.24, 2.45) is 11.7 Å². The van der Waals surface area contributed by atoms with Crippen LogP contribution in [0.25, 0.3) is 0 Å². The third-order valence-corrected chi connectivity index (χ3v) is 3.57. The molecule has 1 unspecified atom stereocenters. The Labute approximate surface area is 120 Å². The molecule has 1 amide bonds. The Morgan fingerprint density at radius 3 is 2.65 bits per heavy atom. The van der Waals surface area contributed by atoms with E-state index in [1.807, 2.05) is 32.9 Å². The molecule has 5 nitrogen and oxygen atoms in total. The maximum Gasteiger partial charge on any atom is 0.414 e. The molecule has 0 aromatic carbocycles. The average molecular weight is 279 g/mol. The number of amides is 1. The van der Waals surface area contributed by atoms with Crippen LogP contribution in [0.2, 0.25) is 0 Å². The quantitative estimate of drug-likeness (QED) is 0.770. The number of nitrogens with one attached hydrogen (secondary N) is 1. The smallest absolute Gasteiger partial charge is 0.414 e. The maximum atomic E-state index is 12.4. The molecule has 20 heavy (non-hydrogen) atoms. The second-order valence-corrected chi connectivity index (χ2v) is 6.45. The summed E-state index contributed by atoms with van der Waals surface area (Å²) in [6.07, 6.45) is 7.39. The summed E-state index contributed by atoms with van der Waals surface area (Å²) in [5.74, 6) is 0.448. The summed E-state index contributed by atoms with van der Waals surface area (Å²) in [6, 6.07) is 0.0410. The largest absolute Gasteiger partial charge is 0.443 e. The van der Waals surface area contributed by atoms with Crippen LogP contribution in [0, 0.1) is 5.92 Å². The van der Waals surface area contributed by atoms with Crippen molar-refractivity contribution in [1.82, 2.24) is 10.2 Å². The van der Waals surface area contributed by atoms with Gasteiger partial charge in [-0.25, -0.2) is 4.79 Å². The van der Waals surface area contributed by atoms with E-state index in [0.29, 0.717) is 11.6 Å². The molecular formula is C15H25N3O2. The average Bonchev–Trinajstić information content (AvgIpc) is 2.37. The van der Waals surface area contributed by atoms with Gasteiger partial charge in [-0.1, -0.05) is 6.08 Å². The number of carbonyl (C=O) groups excluding carboxylic acids is 1. The molecular weight excluding hydrogens is 254 g/mol. The molecule has 0 aliphatic carbocycles. The molecule has 2 aliphatic rings. The van der Waals surface area contributed by atoms with Crippen molar-refractivity contribution in [3.05, 3.63) is 24.0 Å². The minimum absolute atomic E-state index is 0.0410. The van der Waals surface area contributed by atoms with Crippen LogP contribution in [-0.4, -0.2) is 35.7 Å². The third kappa shape index (κ3) is 3.76. The second kappa shape index (κ2) is 5.87. The van der Waals surface area contributed by atoms with Gasteiger partial charge in [0, 0.05) is 11.9 Å². The predicted octanol–water partition coefficient (Wildman–Crippen LogP) is 1.96. The van der Waals surface area contributed by atoms with E-state index in [1.54, 1.807) is 11.1 Å². The summed E-state index contributed by atoms with van der Waals surface area (Å²) >= 11 is 0. The van der Waals surface area contributed by atoms with E-state index >= 15 is 0 Å². The van der Waals surface area contributed by atoms with E-state index in [-0.39, 0.29) is 12.1 Å². The zero-order valence-corrected chi connectivity index (χ0v) is 12.6. The normalized spacial score (nSPS) is 24.4. The molecule has 0 saturated carbocycles. The highest BCUT2D eigenvalue weighted by Crippen LogP contribution is 2.27. The van der Waals surface area contributed by atoms with Crippen molar-refractivity contribution in [3.8, 4) is 0 Å². The standard InChI is InChI=1S/C15H25N3O2/c1-15(2,3)20-14(19)18-10-12(16)4-5-13(18)11-6-8-17-9-7-11/h4-5,10-11,13,17H,6-9,16H2,1-3H3. The molecule has 0 radical (unpaired) electrons. The molecule has 1 atom stereocenters. The summed E-state index contributed by atoms with van der Waals surface area (Å²) < 4.78 is 5.48. The highest BCUT2D eigenvalue weighted by molar-refractivity contribution is 5.71. The van der Waals surface area contributed by atoms with Crippen LogP contribution in [0.5, 0.6) is 0 Å². The Kier molecular flexibility index (Phi) is 4.38. The second-order valence-electron chi connectivity index (χ2n) is 6.45. The van der Waals surface area contributed by atoms with Gasteiger partial charge in [0.1, 0.15) is 5.60 Å². The monoisotopic (exact) mass is 279 g/mol. The lowest BCUT2D eigenvalue weighted by atomic mass is 9.88. The van der Waals surface area contributed by atoms with E-state index in [2.05, 4.69) is 5.32 Å². The summed E-state index contributed by atoms with van der Waals surface area (Å²) in [5, 5.41) is 3.35. The van der Waals surface area contributed by atoms with Crippen molar-refractivity contribution in [2.45, 2.75) is 45.3 Å². The van der Waals surface area contributed by atoms with Gasteiger partial charge in [0.2, 0.25) is 0 Å². The van der Waals surface area contributed by atoms with Crippen LogP contribution in [-0.2, 0) is 4.74 Å². The van der Waals surface area contributed by atoms with E-state index in [0.717, 1.165) is 25.9 Å². The molecule has 112 valence electrons. The zero-order chi connectivity index (χ0) is 14.8. The van der Waals surface area contributed by atoms with Crippen LogP contribution in [0.4, 0.5) is 4.79 Å². The van der Waals surface area contributed by atoms with E-state index < -0.39 is 5.60 Å². The van der Waals surface area contributed by atoms with E-state index in [4.69, 9.17) is 10.5 Å². The fourth-order valence-electron chi connectivity index (χ4n) is 2.65. The third-order valence-electron chi connectivity index (χ3n) is 3.57. The molecule has 0 aromatic heterocycles. The van der Waals surface area contributed by atoms with Crippen LogP contribution < -0.4 is 11.1 Å². The Morgan fingerprint density at radius 1 is 1.40 bits per heavy atom. The first-order valence-corrected chi connectivity index (χ1v) is 7.24. The van der Waals surface area contributed by atoms with Crippen molar-refractivity contribution < 1.29 is 9.53 Å². The molecule has 2 heterocycles. The first kappa shape index (κ1) is 14.9. The molecule has 2 rings (SSSR count). The Hall–Kier alpha value is -1.49. The number of rotatable bonds is 1. The Balaban J connectivity index is 2.13. The number of hydrogen-bond donors (Lipinski definition) is 2. The minimum atomic E-state index is -0.500. The Bertz CT molecular complexity index is 417. The number of piperidine rings is 1.